The fraction of sp³-hybridized carbons (Fsp3) is 0.647. The molecule has 1 saturated carbocycles. The molecule has 2 rings (SSSR count). The van der Waals surface area contributed by atoms with Crippen LogP contribution in [-0.4, -0.2) is 26.9 Å². The van der Waals surface area contributed by atoms with E-state index in [2.05, 4.69) is 5.32 Å². The van der Waals surface area contributed by atoms with Crippen molar-refractivity contribution in [1.29, 1.82) is 0 Å². The highest BCUT2D eigenvalue weighted by molar-refractivity contribution is 5.32. The molecule has 21 heavy (non-hydrogen) atoms. The predicted octanol–water partition coefficient (Wildman–Crippen LogP) is 3.83. The van der Waals surface area contributed by atoms with Gasteiger partial charge in [-0.05, 0) is 37.6 Å². The molecule has 1 unspecified atom stereocenters. The Morgan fingerprint density at radius 1 is 1.14 bits per heavy atom. The Morgan fingerprint density at radius 2 is 1.81 bits per heavy atom. The van der Waals surface area contributed by atoms with Gasteiger partial charge in [0, 0.05) is 7.11 Å². The topological polar surface area (TPSA) is 30.5 Å². The molecule has 0 aromatic heterocycles. The smallest absolute Gasteiger partial charge is 0.165 e. The molecule has 1 aliphatic rings. The lowest BCUT2D eigenvalue weighted by Crippen LogP contribution is -2.44. The normalized spacial score (nSPS) is 19.8. The fourth-order valence-electron chi connectivity index (χ4n) is 3.53. The largest absolute Gasteiger partial charge is 0.494 e. The molecule has 4 heteroatoms. The van der Waals surface area contributed by atoms with E-state index in [1.165, 1.54) is 20.0 Å². The van der Waals surface area contributed by atoms with Crippen molar-refractivity contribution in [3.8, 4) is 5.75 Å². The summed E-state index contributed by atoms with van der Waals surface area (Å²) in [5.41, 5.74) is 0.659. The first kappa shape index (κ1) is 16.2. The average Bonchev–Trinajstić information content (AvgIpc) is 2.75. The van der Waals surface area contributed by atoms with Gasteiger partial charge < -0.3 is 14.8 Å². The van der Waals surface area contributed by atoms with E-state index in [1.807, 2.05) is 13.1 Å². The molecule has 0 saturated heterocycles. The summed E-state index contributed by atoms with van der Waals surface area (Å²) in [5.74, 6) is -0.0453. The summed E-state index contributed by atoms with van der Waals surface area (Å²) in [7, 11) is 5.17. The Hall–Kier alpha value is -1.13. The highest BCUT2D eigenvalue weighted by Gasteiger charge is 2.39. The number of rotatable bonds is 5. The summed E-state index contributed by atoms with van der Waals surface area (Å²) in [4.78, 5) is 0. The third-order valence-electron chi connectivity index (χ3n) is 4.68. The molecule has 1 aliphatic carbocycles. The summed E-state index contributed by atoms with van der Waals surface area (Å²) < 4.78 is 25.0. The van der Waals surface area contributed by atoms with Gasteiger partial charge in [0.05, 0.1) is 18.8 Å². The van der Waals surface area contributed by atoms with Crippen LogP contribution in [-0.2, 0) is 4.74 Å². The standard InChI is InChI=1S/C17H26FNO2/c1-19-16(13-8-9-15(20-2)14(18)12-13)17(21-3)10-6-4-5-7-11-17/h8-9,12,16,19H,4-7,10-11H2,1-3H3. The van der Waals surface area contributed by atoms with E-state index >= 15 is 0 Å². The third kappa shape index (κ3) is 3.38. The van der Waals surface area contributed by atoms with Crippen LogP contribution in [0, 0.1) is 5.82 Å². The number of hydrogen-bond donors (Lipinski definition) is 1. The molecular formula is C17H26FNO2. The number of methoxy groups -OCH3 is 2. The summed E-state index contributed by atoms with van der Waals surface area (Å²) in [6.07, 6.45) is 6.82. The number of likely N-dealkylation sites (N-methyl/N-ethyl adjacent to an activating group) is 1. The van der Waals surface area contributed by atoms with Crippen LogP contribution < -0.4 is 10.1 Å². The molecule has 1 N–H and O–H groups in total. The third-order valence-corrected chi connectivity index (χ3v) is 4.68. The SMILES string of the molecule is CNC(c1ccc(OC)c(F)c1)C1(OC)CCCCCC1. The summed E-state index contributed by atoms with van der Waals surface area (Å²) in [6.45, 7) is 0. The number of nitrogens with one attached hydrogen (secondary N) is 1. The minimum Gasteiger partial charge on any atom is -0.494 e. The van der Waals surface area contributed by atoms with Gasteiger partial charge in [0.25, 0.3) is 0 Å². The minimum absolute atomic E-state index is 0.0130. The molecule has 0 amide bonds. The van der Waals surface area contributed by atoms with E-state index in [-0.39, 0.29) is 23.2 Å². The van der Waals surface area contributed by atoms with Crippen LogP contribution in [0.15, 0.2) is 18.2 Å². The Balaban J connectivity index is 2.34. The zero-order valence-electron chi connectivity index (χ0n) is 13.2. The van der Waals surface area contributed by atoms with Gasteiger partial charge in [-0.15, -0.1) is 0 Å². The molecule has 0 heterocycles. The molecular weight excluding hydrogens is 269 g/mol. The number of ether oxygens (including phenoxy) is 2. The Kier molecular flexibility index (Phi) is 5.59. The predicted molar refractivity (Wildman–Crippen MR) is 82.2 cm³/mol. The zero-order chi connectivity index (χ0) is 15.3. The van der Waals surface area contributed by atoms with Gasteiger partial charge in [-0.1, -0.05) is 31.7 Å². The summed E-state index contributed by atoms with van der Waals surface area (Å²) >= 11 is 0. The maximum Gasteiger partial charge on any atom is 0.165 e. The van der Waals surface area contributed by atoms with Crippen molar-refractivity contribution in [2.24, 2.45) is 0 Å². The van der Waals surface area contributed by atoms with Crippen LogP contribution in [0.4, 0.5) is 4.39 Å². The van der Waals surface area contributed by atoms with Gasteiger partial charge in [0.2, 0.25) is 0 Å². The molecule has 0 radical (unpaired) electrons. The molecule has 3 nitrogen and oxygen atoms in total. The van der Waals surface area contributed by atoms with Crippen LogP contribution in [0.25, 0.3) is 0 Å². The van der Waals surface area contributed by atoms with Crippen LogP contribution in [0.5, 0.6) is 5.75 Å². The van der Waals surface area contributed by atoms with E-state index < -0.39 is 0 Å². The summed E-state index contributed by atoms with van der Waals surface area (Å²) in [5, 5.41) is 3.34. The van der Waals surface area contributed by atoms with Gasteiger partial charge in [-0.3, -0.25) is 0 Å². The van der Waals surface area contributed by atoms with Crippen LogP contribution in [0.2, 0.25) is 0 Å². The molecule has 0 spiro atoms. The molecule has 1 atom stereocenters. The Morgan fingerprint density at radius 3 is 2.29 bits per heavy atom. The highest BCUT2D eigenvalue weighted by Crippen LogP contribution is 2.40. The minimum atomic E-state index is -0.324. The quantitative estimate of drug-likeness (QED) is 0.837. The Labute approximate surface area is 126 Å². The van der Waals surface area contributed by atoms with Gasteiger partial charge in [-0.25, -0.2) is 4.39 Å². The second kappa shape index (κ2) is 7.23. The van der Waals surface area contributed by atoms with E-state index in [0.717, 1.165) is 31.2 Å². The van der Waals surface area contributed by atoms with Crippen LogP contribution in [0.3, 0.4) is 0 Å². The van der Waals surface area contributed by atoms with E-state index in [9.17, 15) is 4.39 Å². The lowest BCUT2D eigenvalue weighted by atomic mass is 9.82. The first-order chi connectivity index (χ1) is 10.2. The Bertz CT molecular complexity index is 456. The van der Waals surface area contributed by atoms with Gasteiger partial charge in [-0.2, -0.15) is 0 Å². The molecule has 1 aromatic rings. The molecule has 1 fully saturated rings. The second-order valence-electron chi connectivity index (χ2n) is 5.80. The van der Waals surface area contributed by atoms with E-state index in [1.54, 1.807) is 19.2 Å². The maximum atomic E-state index is 14.0. The van der Waals surface area contributed by atoms with Gasteiger partial charge in [0.1, 0.15) is 0 Å². The molecule has 1 aromatic carbocycles. The van der Waals surface area contributed by atoms with Crippen molar-refractivity contribution in [2.75, 3.05) is 21.3 Å². The highest BCUT2D eigenvalue weighted by atomic mass is 19.1. The molecule has 118 valence electrons. The van der Waals surface area contributed by atoms with Crippen molar-refractivity contribution < 1.29 is 13.9 Å². The fourth-order valence-corrected chi connectivity index (χ4v) is 3.53. The molecule has 0 aliphatic heterocycles. The van der Waals surface area contributed by atoms with Crippen LogP contribution in [0.1, 0.15) is 50.1 Å². The monoisotopic (exact) mass is 295 g/mol. The van der Waals surface area contributed by atoms with Crippen molar-refractivity contribution in [1.82, 2.24) is 5.32 Å². The zero-order valence-corrected chi connectivity index (χ0v) is 13.2. The maximum absolute atomic E-state index is 14.0. The van der Waals surface area contributed by atoms with Gasteiger partial charge in [0.15, 0.2) is 11.6 Å². The first-order valence-electron chi connectivity index (χ1n) is 7.72. The van der Waals surface area contributed by atoms with Crippen molar-refractivity contribution >= 4 is 0 Å². The van der Waals surface area contributed by atoms with E-state index in [0.29, 0.717) is 0 Å². The lowest BCUT2D eigenvalue weighted by molar-refractivity contribution is -0.0523. The number of halogens is 1. The van der Waals surface area contributed by atoms with Crippen molar-refractivity contribution in [3.05, 3.63) is 29.6 Å². The number of hydrogen-bond acceptors (Lipinski definition) is 3. The molecule has 0 bridgehead atoms. The van der Waals surface area contributed by atoms with Crippen LogP contribution >= 0.6 is 0 Å². The van der Waals surface area contributed by atoms with Crippen molar-refractivity contribution in [3.63, 3.8) is 0 Å². The second-order valence-corrected chi connectivity index (χ2v) is 5.80. The average molecular weight is 295 g/mol. The van der Waals surface area contributed by atoms with Gasteiger partial charge >= 0.3 is 0 Å². The van der Waals surface area contributed by atoms with E-state index in [4.69, 9.17) is 9.47 Å². The first-order valence-corrected chi connectivity index (χ1v) is 7.72. The summed E-state index contributed by atoms with van der Waals surface area (Å²) in [6, 6.07) is 5.16. The van der Waals surface area contributed by atoms with Crippen molar-refractivity contribution in [2.45, 2.75) is 50.2 Å². The lowest BCUT2D eigenvalue weighted by Gasteiger charge is -2.39. The number of benzene rings is 1.